The van der Waals surface area contributed by atoms with Crippen LogP contribution in [0.5, 0.6) is 0 Å². The molecule has 0 fully saturated rings. The molecule has 0 amide bonds. The minimum absolute atomic E-state index is 0.883. The first kappa shape index (κ1) is 9.57. The molecule has 0 aromatic heterocycles. The Balaban J connectivity index is 2.32. The van der Waals surface area contributed by atoms with E-state index in [1.807, 2.05) is 6.08 Å². The van der Waals surface area contributed by atoms with Crippen molar-refractivity contribution in [3.63, 3.8) is 0 Å². The van der Waals surface area contributed by atoms with Crippen LogP contribution in [0.2, 0.25) is 0 Å². The van der Waals surface area contributed by atoms with Crippen molar-refractivity contribution in [3.8, 4) is 0 Å². The van der Waals surface area contributed by atoms with Crippen LogP contribution in [0.3, 0.4) is 0 Å². The van der Waals surface area contributed by atoms with Crippen LogP contribution in [0.1, 0.15) is 46.0 Å². The number of allylic oxidation sites excluding steroid dienone is 3. The molecule has 1 atom stereocenters. The molecule has 1 unspecified atom stereocenters. The van der Waals surface area contributed by atoms with Crippen molar-refractivity contribution < 1.29 is 0 Å². The van der Waals surface area contributed by atoms with Gasteiger partial charge in [-0.15, -0.1) is 6.58 Å². The van der Waals surface area contributed by atoms with E-state index in [4.69, 9.17) is 0 Å². The summed E-state index contributed by atoms with van der Waals surface area (Å²) in [5.74, 6) is 0.883. The van der Waals surface area contributed by atoms with E-state index in [0.717, 1.165) is 5.92 Å². The molecule has 0 aromatic rings. The second-order valence-electron chi connectivity index (χ2n) is 3.77. The van der Waals surface area contributed by atoms with E-state index < -0.39 is 0 Å². The van der Waals surface area contributed by atoms with Gasteiger partial charge in [0.05, 0.1) is 0 Å². The maximum atomic E-state index is 3.74. The molecule has 0 heterocycles. The van der Waals surface area contributed by atoms with Gasteiger partial charge < -0.3 is 0 Å². The average Bonchev–Trinajstić information content (AvgIpc) is 2.04. The molecule has 0 aliphatic heterocycles. The van der Waals surface area contributed by atoms with Crippen molar-refractivity contribution in [1.29, 1.82) is 0 Å². The molecule has 0 saturated carbocycles. The van der Waals surface area contributed by atoms with E-state index >= 15 is 0 Å². The van der Waals surface area contributed by atoms with Crippen LogP contribution in [0.4, 0.5) is 0 Å². The molecule has 0 bridgehead atoms. The smallest absolute Gasteiger partial charge is 0.0192 e. The molecule has 0 spiro atoms. The summed E-state index contributed by atoms with van der Waals surface area (Å²) in [4.78, 5) is 0. The van der Waals surface area contributed by atoms with Gasteiger partial charge in [0.1, 0.15) is 0 Å². The van der Waals surface area contributed by atoms with Gasteiger partial charge in [0.15, 0.2) is 0 Å². The van der Waals surface area contributed by atoms with Gasteiger partial charge in [-0.3, -0.25) is 0 Å². The fraction of sp³-hybridized carbons (Fsp3) is 0.667. The monoisotopic (exact) mass is 164 g/mol. The molecule has 1 aliphatic rings. The van der Waals surface area contributed by atoms with Crippen molar-refractivity contribution in [2.24, 2.45) is 5.92 Å². The second-order valence-corrected chi connectivity index (χ2v) is 3.77. The van der Waals surface area contributed by atoms with Crippen molar-refractivity contribution in [1.82, 2.24) is 0 Å². The molecular weight excluding hydrogens is 144 g/mol. The van der Waals surface area contributed by atoms with Crippen molar-refractivity contribution in [2.45, 2.75) is 46.0 Å². The Labute approximate surface area is 76.4 Å². The molecule has 0 saturated heterocycles. The lowest BCUT2D eigenvalue weighted by molar-refractivity contribution is 0.530. The largest absolute Gasteiger partial charge is 0.103 e. The standard InChI is InChI=1S/C12H20/c1-4-6-7-8-11-9-10(3)12(11)5-2/h4,10H,1,5-9H2,2-3H3. The van der Waals surface area contributed by atoms with Crippen LogP contribution in [0, 0.1) is 5.92 Å². The van der Waals surface area contributed by atoms with Gasteiger partial charge in [-0.05, 0) is 38.0 Å². The molecule has 0 aromatic carbocycles. The summed E-state index contributed by atoms with van der Waals surface area (Å²) < 4.78 is 0. The van der Waals surface area contributed by atoms with Gasteiger partial charge in [0.2, 0.25) is 0 Å². The molecule has 1 aliphatic carbocycles. The predicted octanol–water partition coefficient (Wildman–Crippen LogP) is 4.09. The molecular formula is C12H20. The van der Waals surface area contributed by atoms with Crippen LogP contribution >= 0.6 is 0 Å². The molecule has 0 heteroatoms. The first-order chi connectivity index (χ1) is 5.79. The Kier molecular flexibility index (Phi) is 3.58. The highest BCUT2D eigenvalue weighted by molar-refractivity contribution is 5.27. The van der Waals surface area contributed by atoms with Gasteiger partial charge >= 0.3 is 0 Å². The van der Waals surface area contributed by atoms with Crippen LogP contribution in [0.25, 0.3) is 0 Å². The SMILES string of the molecule is C=CCCCC1=C(CC)C(C)C1. The Morgan fingerprint density at radius 3 is 2.83 bits per heavy atom. The topological polar surface area (TPSA) is 0 Å². The number of rotatable bonds is 5. The van der Waals surface area contributed by atoms with Crippen molar-refractivity contribution in [2.75, 3.05) is 0 Å². The first-order valence-electron chi connectivity index (χ1n) is 5.11. The highest BCUT2D eigenvalue weighted by atomic mass is 14.3. The van der Waals surface area contributed by atoms with Crippen molar-refractivity contribution in [3.05, 3.63) is 23.8 Å². The van der Waals surface area contributed by atoms with Gasteiger partial charge in [-0.1, -0.05) is 31.1 Å². The van der Waals surface area contributed by atoms with E-state index in [1.165, 1.54) is 32.1 Å². The summed E-state index contributed by atoms with van der Waals surface area (Å²) in [5.41, 5.74) is 3.48. The van der Waals surface area contributed by atoms with E-state index in [1.54, 1.807) is 11.1 Å². The predicted molar refractivity (Wildman–Crippen MR) is 55.1 cm³/mol. The Morgan fingerprint density at radius 2 is 2.33 bits per heavy atom. The van der Waals surface area contributed by atoms with Gasteiger partial charge in [-0.2, -0.15) is 0 Å². The second kappa shape index (κ2) is 4.49. The summed E-state index contributed by atoms with van der Waals surface area (Å²) in [7, 11) is 0. The fourth-order valence-electron chi connectivity index (χ4n) is 2.16. The third kappa shape index (κ3) is 2.00. The third-order valence-electron chi connectivity index (χ3n) is 2.87. The van der Waals surface area contributed by atoms with Crippen LogP contribution in [-0.4, -0.2) is 0 Å². The van der Waals surface area contributed by atoms with Crippen molar-refractivity contribution >= 4 is 0 Å². The minimum Gasteiger partial charge on any atom is -0.103 e. The summed E-state index contributed by atoms with van der Waals surface area (Å²) in [6.45, 7) is 8.36. The average molecular weight is 164 g/mol. The number of hydrogen-bond acceptors (Lipinski definition) is 0. The maximum Gasteiger partial charge on any atom is -0.0192 e. The minimum atomic E-state index is 0.883. The van der Waals surface area contributed by atoms with Crippen LogP contribution < -0.4 is 0 Å². The number of hydrogen-bond donors (Lipinski definition) is 0. The quantitative estimate of drug-likeness (QED) is 0.424. The lowest BCUT2D eigenvalue weighted by Crippen LogP contribution is -2.14. The molecule has 12 heavy (non-hydrogen) atoms. The van der Waals surface area contributed by atoms with E-state index in [2.05, 4.69) is 20.4 Å². The lowest BCUT2D eigenvalue weighted by atomic mass is 9.75. The van der Waals surface area contributed by atoms with Crippen LogP contribution in [-0.2, 0) is 0 Å². The zero-order valence-electron chi connectivity index (χ0n) is 8.40. The first-order valence-corrected chi connectivity index (χ1v) is 5.11. The summed E-state index contributed by atoms with van der Waals surface area (Å²) in [5, 5.41) is 0. The van der Waals surface area contributed by atoms with E-state index in [0.29, 0.717) is 0 Å². The zero-order chi connectivity index (χ0) is 8.97. The highest BCUT2D eigenvalue weighted by Crippen LogP contribution is 2.38. The molecule has 0 nitrogen and oxygen atoms in total. The highest BCUT2D eigenvalue weighted by Gasteiger charge is 2.22. The molecule has 1 rings (SSSR count). The number of unbranched alkanes of at least 4 members (excludes halogenated alkanes) is 1. The Morgan fingerprint density at radius 1 is 1.58 bits per heavy atom. The van der Waals surface area contributed by atoms with Gasteiger partial charge in [0, 0.05) is 0 Å². The fourth-order valence-corrected chi connectivity index (χ4v) is 2.16. The third-order valence-corrected chi connectivity index (χ3v) is 2.87. The summed E-state index contributed by atoms with van der Waals surface area (Å²) >= 11 is 0. The van der Waals surface area contributed by atoms with E-state index in [9.17, 15) is 0 Å². The van der Waals surface area contributed by atoms with Gasteiger partial charge in [0.25, 0.3) is 0 Å². The zero-order valence-corrected chi connectivity index (χ0v) is 8.40. The summed E-state index contributed by atoms with van der Waals surface area (Å²) in [6, 6.07) is 0. The molecule has 0 N–H and O–H groups in total. The Bertz CT molecular complexity index is 186. The lowest BCUT2D eigenvalue weighted by Gasteiger charge is -2.30. The molecule has 0 radical (unpaired) electrons. The maximum absolute atomic E-state index is 3.74. The Hall–Kier alpha value is -0.520. The summed E-state index contributed by atoms with van der Waals surface area (Å²) in [6.07, 6.45) is 8.45. The molecule has 68 valence electrons. The van der Waals surface area contributed by atoms with Crippen LogP contribution in [0.15, 0.2) is 23.8 Å². The van der Waals surface area contributed by atoms with E-state index in [-0.39, 0.29) is 0 Å². The van der Waals surface area contributed by atoms with Gasteiger partial charge in [-0.25, -0.2) is 0 Å². The normalized spacial score (nSPS) is 22.3.